The molecule has 1 fully saturated rings. The zero-order valence-electron chi connectivity index (χ0n) is 16.0. The van der Waals surface area contributed by atoms with Crippen molar-refractivity contribution in [3.05, 3.63) is 29.3 Å². The average molecular weight is 423 g/mol. The Hall–Kier alpha value is -2.33. The molecule has 1 saturated heterocycles. The van der Waals surface area contributed by atoms with Gasteiger partial charge in [-0.25, -0.2) is 0 Å². The van der Waals surface area contributed by atoms with Gasteiger partial charge in [-0.1, -0.05) is 23.1 Å². The van der Waals surface area contributed by atoms with Gasteiger partial charge in [-0.2, -0.15) is 0 Å². The van der Waals surface area contributed by atoms with Crippen LogP contribution in [0.5, 0.6) is 11.5 Å². The van der Waals surface area contributed by atoms with E-state index in [0.29, 0.717) is 43.2 Å². The molecule has 1 atom stereocenters. The Morgan fingerprint density at radius 2 is 1.79 bits per heavy atom. The van der Waals surface area contributed by atoms with Crippen LogP contribution < -0.4 is 9.47 Å². The molecule has 10 heteroatoms. The fraction of sp³-hybridized carbons (Fsp3) is 0.444. The van der Waals surface area contributed by atoms with Crippen LogP contribution >= 0.6 is 23.1 Å². The first-order valence-electron chi connectivity index (χ1n) is 8.76. The maximum Gasteiger partial charge on any atom is 0.254 e. The fourth-order valence-electron chi connectivity index (χ4n) is 2.95. The van der Waals surface area contributed by atoms with Gasteiger partial charge < -0.3 is 19.3 Å². The van der Waals surface area contributed by atoms with Gasteiger partial charge in [-0.05, 0) is 25.1 Å². The van der Waals surface area contributed by atoms with Crippen molar-refractivity contribution in [1.82, 2.24) is 20.0 Å². The number of piperazine rings is 1. The first-order valence-corrected chi connectivity index (χ1v) is 10.5. The lowest BCUT2D eigenvalue weighted by molar-refractivity contribution is -0.131. The molecule has 0 spiro atoms. The van der Waals surface area contributed by atoms with Gasteiger partial charge in [0.25, 0.3) is 5.91 Å². The number of carbonyl (C=O) groups is 2. The van der Waals surface area contributed by atoms with Crippen molar-refractivity contribution < 1.29 is 19.1 Å². The van der Waals surface area contributed by atoms with Crippen molar-refractivity contribution in [3.63, 3.8) is 0 Å². The van der Waals surface area contributed by atoms with Gasteiger partial charge >= 0.3 is 0 Å². The number of thioether (sulfide) groups is 1. The summed E-state index contributed by atoms with van der Waals surface area (Å²) in [6.07, 6.45) is 0. The van der Waals surface area contributed by atoms with E-state index in [-0.39, 0.29) is 17.1 Å². The van der Waals surface area contributed by atoms with Crippen molar-refractivity contribution in [1.29, 1.82) is 0 Å². The highest BCUT2D eigenvalue weighted by atomic mass is 32.2. The minimum Gasteiger partial charge on any atom is -0.493 e. The number of aromatic nitrogens is 2. The number of benzene rings is 1. The predicted octanol–water partition coefficient (Wildman–Crippen LogP) is 2.02. The number of hydrogen-bond donors (Lipinski definition) is 0. The summed E-state index contributed by atoms with van der Waals surface area (Å²) in [5.41, 5.74) is 2.19. The van der Waals surface area contributed by atoms with Gasteiger partial charge in [0.05, 0.1) is 19.5 Å². The summed E-state index contributed by atoms with van der Waals surface area (Å²) in [6, 6.07) is 5.12. The molecule has 0 N–H and O–H groups in total. The second-order valence-corrected chi connectivity index (χ2v) is 8.57. The Kier molecular flexibility index (Phi) is 6.74. The Labute approximate surface area is 171 Å². The number of carbonyl (C=O) groups excluding carboxylic acids is 2. The summed E-state index contributed by atoms with van der Waals surface area (Å²) in [4.78, 5) is 29.0. The van der Waals surface area contributed by atoms with Gasteiger partial charge in [-0.3, -0.25) is 9.59 Å². The molecule has 2 heterocycles. The normalized spacial score (nSPS) is 15.2. The van der Waals surface area contributed by atoms with E-state index in [1.54, 1.807) is 40.6 Å². The Morgan fingerprint density at radius 3 is 2.39 bits per heavy atom. The van der Waals surface area contributed by atoms with E-state index in [2.05, 4.69) is 10.2 Å². The summed E-state index contributed by atoms with van der Waals surface area (Å²) >= 11 is 2.83. The number of methoxy groups -OCH3 is 2. The number of ether oxygens (including phenoxy) is 2. The Morgan fingerprint density at radius 1 is 1.11 bits per heavy atom. The molecule has 0 aliphatic carbocycles. The van der Waals surface area contributed by atoms with Gasteiger partial charge in [0.15, 0.2) is 15.8 Å². The van der Waals surface area contributed by atoms with Crippen molar-refractivity contribution in [2.75, 3.05) is 40.4 Å². The topological polar surface area (TPSA) is 84.9 Å². The van der Waals surface area contributed by atoms with Crippen LogP contribution in [-0.4, -0.2) is 77.5 Å². The number of amides is 2. The molecule has 1 aliphatic heterocycles. The third kappa shape index (κ3) is 4.56. The molecule has 0 bridgehead atoms. The first-order chi connectivity index (χ1) is 13.5. The molecule has 0 saturated carbocycles. The highest BCUT2D eigenvalue weighted by molar-refractivity contribution is 8.02. The molecule has 28 heavy (non-hydrogen) atoms. The van der Waals surface area contributed by atoms with Crippen LogP contribution in [0, 0.1) is 0 Å². The quantitative estimate of drug-likeness (QED) is 0.659. The smallest absolute Gasteiger partial charge is 0.254 e. The van der Waals surface area contributed by atoms with Crippen LogP contribution in [-0.2, 0) is 4.79 Å². The summed E-state index contributed by atoms with van der Waals surface area (Å²) in [7, 11) is 3.09. The van der Waals surface area contributed by atoms with Crippen molar-refractivity contribution >= 4 is 34.9 Å². The molecule has 0 unspecified atom stereocenters. The molecule has 150 valence electrons. The Balaban J connectivity index is 1.57. The molecule has 8 nitrogen and oxygen atoms in total. The molecule has 0 radical (unpaired) electrons. The maximum absolute atomic E-state index is 12.8. The second kappa shape index (κ2) is 9.24. The van der Waals surface area contributed by atoms with E-state index in [0.717, 1.165) is 4.34 Å². The molecular formula is C18H22N4O4S2. The number of hydrogen-bond acceptors (Lipinski definition) is 8. The summed E-state index contributed by atoms with van der Waals surface area (Å²) in [5.74, 6) is 1.07. The highest BCUT2D eigenvalue weighted by Crippen LogP contribution is 2.28. The van der Waals surface area contributed by atoms with Gasteiger partial charge in [-0.15, -0.1) is 10.2 Å². The molecule has 1 aromatic heterocycles. The van der Waals surface area contributed by atoms with E-state index >= 15 is 0 Å². The standard InChI is InChI=1S/C18H22N4O4S2/c1-12(28-18-20-19-11-27-18)16(23)21-6-8-22(9-7-21)17(24)13-4-5-14(25-2)15(10-13)26-3/h4-5,10-12H,6-9H2,1-3H3/t12-/m1/s1. The van der Waals surface area contributed by atoms with E-state index in [1.165, 1.54) is 30.2 Å². The van der Waals surface area contributed by atoms with Crippen molar-refractivity contribution in [3.8, 4) is 11.5 Å². The van der Waals surface area contributed by atoms with Gasteiger partial charge in [0, 0.05) is 31.7 Å². The van der Waals surface area contributed by atoms with Crippen LogP contribution in [0.2, 0.25) is 0 Å². The lowest BCUT2D eigenvalue weighted by Gasteiger charge is -2.35. The number of rotatable bonds is 6. The Bertz CT molecular complexity index is 823. The summed E-state index contributed by atoms with van der Waals surface area (Å²) in [5, 5.41) is 7.52. The van der Waals surface area contributed by atoms with E-state index < -0.39 is 0 Å². The van der Waals surface area contributed by atoms with Gasteiger partial charge in [0.1, 0.15) is 5.51 Å². The van der Waals surface area contributed by atoms with E-state index in [1.807, 2.05) is 6.92 Å². The van der Waals surface area contributed by atoms with Crippen LogP contribution in [0.1, 0.15) is 17.3 Å². The van der Waals surface area contributed by atoms with E-state index in [9.17, 15) is 9.59 Å². The van der Waals surface area contributed by atoms with Crippen LogP contribution in [0.4, 0.5) is 0 Å². The highest BCUT2D eigenvalue weighted by Gasteiger charge is 2.28. The van der Waals surface area contributed by atoms with Crippen LogP contribution in [0.25, 0.3) is 0 Å². The largest absolute Gasteiger partial charge is 0.493 e. The first kappa shape index (κ1) is 20.4. The fourth-order valence-corrected chi connectivity index (χ4v) is 4.66. The van der Waals surface area contributed by atoms with E-state index in [4.69, 9.17) is 9.47 Å². The van der Waals surface area contributed by atoms with Crippen LogP contribution in [0.15, 0.2) is 28.0 Å². The van der Waals surface area contributed by atoms with Gasteiger partial charge in [0.2, 0.25) is 5.91 Å². The molecule has 1 aliphatic rings. The second-order valence-electron chi connectivity index (χ2n) is 6.15. The molecule has 3 rings (SSSR count). The zero-order valence-corrected chi connectivity index (χ0v) is 17.6. The third-order valence-corrected chi connectivity index (χ3v) is 6.37. The molecule has 1 aromatic carbocycles. The molecule has 2 aromatic rings. The minimum atomic E-state index is -0.235. The SMILES string of the molecule is COc1ccc(C(=O)N2CCN(C(=O)[C@@H](C)Sc3nncs3)CC2)cc1OC. The predicted molar refractivity (Wildman–Crippen MR) is 107 cm³/mol. The summed E-state index contributed by atoms with van der Waals surface area (Å²) < 4.78 is 11.3. The monoisotopic (exact) mass is 422 g/mol. The van der Waals surface area contributed by atoms with Crippen LogP contribution in [0.3, 0.4) is 0 Å². The van der Waals surface area contributed by atoms with Crippen molar-refractivity contribution in [2.24, 2.45) is 0 Å². The number of nitrogens with zero attached hydrogens (tertiary/aromatic N) is 4. The third-order valence-electron chi connectivity index (χ3n) is 4.47. The zero-order chi connectivity index (χ0) is 20.1. The molecule has 2 amide bonds. The lowest BCUT2D eigenvalue weighted by Crippen LogP contribution is -2.52. The minimum absolute atomic E-state index is 0.0541. The average Bonchev–Trinajstić information content (AvgIpc) is 3.25. The lowest BCUT2D eigenvalue weighted by atomic mass is 10.1. The maximum atomic E-state index is 12.8. The summed E-state index contributed by atoms with van der Waals surface area (Å²) in [6.45, 7) is 3.89. The van der Waals surface area contributed by atoms with Crippen molar-refractivity contribution in [2.45, 2.75) is 16.5 Å². The molecular weight excluding hydrogens is 400 g/mol.